The van der Waals surface area contributed by atoms with Gasteiger partial charge in [-0.25, -0.2) is 9.07 Å². The molecule has 4 aromatic heterocycles. The number of nitrogens with zero attached hydrogens (tertiary/aromatic N) is 6. The summed E-state index contributed by atoms with van der Waals surface area (Å²) in [7, 11) is 1.77. The number of halogens is 1. The smallest absolute Gasteiger partial charge is 0.133 e. The number of ether oxygens (including phenoxy) is 1. The molecule has 0 bridgehead atoms. The Morgan fingerprint density at radius 2 is 1.89 bits per heavy atom. The largest absolute Gasteiger partial charge is 0.386 e. The monoisotopic (exact) mass is 514 g/mol. The zero-order chi connectivity index (χ0) is 26.6. The van der Waals surface area contributed by atoms with Gasteiger partial charge >= 0.3 is 0 Å². The fourth-order valence-electron chi connectivity index (χ4n) is 5.74. The molecule has 8 nitrogen and oxygen atoms in total. The molecular formula is C29H31FN6O2. The van der Waals surface area contributed by atoms with Gasteiger partial charge in [-0.2, -0.15) is 0 Å². The summed E-state index contributed by atoms with van der Waals surface area (Å²) in [5.74, 6) is -0.115. The number of pyridine rings is 2. The van der Waals surface area contributed by atoms with Gasteiger partial charge in [-0.3, -0.25) is 9.97 Å². The van der Waals surface area contributed by atoms with E-state index in [0.29, 0.717) is 46.6 Å². The number of fused-ring (bicyclic) bond motifs is 3. The summed E-state index contributed by atoms with van der Waals surface area (Å²) < 4.78 is 25.3. The number of aliphatic hydroxyl groups is 1. The molecule has 0 saturated carbocycles. The minimum absolute atomic E-state index is 0.136. The second-order valence-electron chi connectivity index (χ2n) is 10.7. The van der Waals surface area contributed by atoms with E-state index in [-0.39, 0.29) is 17.8 Å². The van der Waals surface area contributed by atoms with Crippen molar-refractivity contribution in [3.63, 3.8) is 0 Å². The van der Waals surface area contributed by atoms with E-state index in [1.165, 1.54) is 0 Å². The summed E-state index contributed by atoms with van der Waals surface area (Å²) in [6, 6.07) is 11.2. The summed E-state index contributed by atoms with van der Waals surface area (Å²) in [5.41, 5.74) is 4.61. The second kappa shape index (κ2) is 9.25. The van der Waals surface area contributed by atoms with Gasteiger partial charge < -0.3 is 14.4 Å². The Morgan fingerprint density at radius 1 is 1.11 bits per heavy atom. The molecule has 1 aromatic carbocycles. The van der Waals surface area contributed by atoms with Crippen molar-refractivity contribution in [1.29, 1.82) is 0 Å². The van der Waals surface area contributed by atoms with Gasteiger partial charge in [0.1, 0.15) is 5.82 Å². The van der Waals surface area contributed by atoms with Gasteiger partial charge in [0.15, 0.2) is 0 Å². The van der Waals surface area contributed by atoms with Crippen LogP contribution in [0.1, 0.15) is 49.7 Å². The Kier molecular flexibility index (Phi) is 6.00. The molecule has 1 aliphatic heterocycles. The van der Waals surface area contributed by atoms with Crippen molar-refractivity contribution in [1.82, 2.24) is 29.5 Å². The molecule has 5 heterocycles. The van der Waals surface area contributed by atoms with Crippen LogP contribution in [-0.4, -0.2) is 47.8 Å². The predicted molar refractivity (Wildman–Crippen MR) is 143 cm³/mol. The van der Waals surface area contributed by atoms with Crippen molar-refractivity contribution in [2.75, 3.05) is 13.2 Å². The fourth-order valence-corrected chi connectivity index (χ4v) is 5.74. The van der Waals surface area contributed by atoms with Gasteiger partial charge in [0, 0.05) is 49.2 Å². The lowest BCUT2D eigenvalue weighted by atomic mass is 9.88. The van der Waals surface area contributed by atoms with E-state index in [1.807, 2.05) is 43.5 Å². The van der Waals surface area contributed by atoms with Crippen molar-refractivity contribution in [2.24, 2.45) is 13.0 Å². The number of benzene rings is 1. The molecule has 0 amide bonds. The van der Waals surface area contributed by atoms with Crippen molar-refractivity contribution in [3.05, 3.63) is 71.6 Å². The molecule has 1 saturated heterocycles. The standard InChI is InChI=1S/C29H31FN6O2/c1-17-27(35(4)34-33-17)20-15-24-21(14-22(20)30)26-25(13-19(16-32-26)29(2,3)37)36(24)28(18-8-11-38-12-9-18)23-7-5-6-10-31-23/h5-7,10,13-16,18,28,37H,8-9,11-12H2,1-4H3/t28-/m1/s1. The summed E-state index contributed by atoms with van der Waals surface area (Å²) in [6.07, 6.45) is 5.24. The minimum atomic E-state index is -1.09. The van der Waals surface area contributed by atoms with Crippen LogP contribution >= 0.6 is 0 Å². The lowest BCUT2D eigenvalue weighted by Crippen LogP contribution is -2.27. The van der Waals surface area contributed by atoms with Gasteiger partial charge in [0.05, 0.1) is 45.3 Å². The molecule has 1 aliphatic rings. The SMILES string of the molecule is Cc1nnn(C)c1-c1cc2c(cc1F)c1ncc(C(C)(C)O)cc1n2[C@@H](c1ccccn1)C1CCOCC1. The molecule has 0 radical (unpaired) electrons. The zero-order valence-corrected chi connectivity index (χ0v) is 22.0. The van der Waals surface area contributed by atoms with Crippen LogP contribution in [0.25, 0.3) is 33.2 Å². The topological polar surface area (TPSA) is 90.9 Å². The molecule has 0 unspecified atom stereocenters. The number of hydrogen-bond acceptors (Lipinski definition) is 6. The quantitative estimate of drug-likeness (QED) is 0.352. The third-order valence-electron chi connectivity index (χ3n) is 7.67. The molecule has 1 atom stereocenters. The summed E-state index contributed by atoms with van der Waals surface area (Å²) in [5, 5.41) is 19.8. The first kappa shape index (κ1) is 24.6. The molecule has 1 N–H and O–H groups in total. The van der Waals surface area contributed by atoms with E-state index >= 15 is 4.39 Å². The lowest BCUT2D eigenvalue weighted by Gasteiger charge is -2.32. The van der Waals surface area contributed by atoms with Crippen LogP contribution in [0.15, 0.2) is 48.8 Å². The zero-order valence-electron chi connectivity index (χ0n) is 22.0. The minimum Gasteiger partial charge on any atom is -0.386 e. The molecule has 9 heteroatoms. The van der Waals surface area contributed by atoms with E-state index in [1.54, 1.807) is 37.8 Å². The molecule has 0 aliphatic carbocycles. The third kappa shape index (κ3) is 4.06. The van der Waals surface area contributed by atoms with Crippen molar-refractivity contribution < 1.29 is 14.2 Å². The van der Waals surface area contributed by atoms with Crippen molar-refractivity contribution in [2.45, 2.75) is 45.3 Å². The van der Waals surface area contributed by atoms with Crippen molar-refractivity contribution in [3.8, 4) is 11.3 Å². The van der Waals surface area contributed by atoms with Crippen LogP contribution < -0.4 is 0 Å². The van der Waals surface area contributed by atoms with E-state index in [2.05, 4.69) is 14.9 Å². The average Bonchev–Trinajstić information content (AvgIpc) is 3.40. The Bertz CT molecular complexity index is 1610. The van der Waals surface area contributed by atoms with Gasteiger partial charge in [0.25, 0.3) is 0 Å². The van der Waals surface area contributed by atoms with Crippen LogP contribution in [-0.2, 0) is 17.4 Å². The van der Waals surface area contributed by atoms with Gasteiger partial charge in [0.2, 0.25) is 0 Å². The Hall–Kier alpha value is -3.69. The van der Waals surface area contributed by atoms with E-state index in [0.717, 1.165) is 29.6 Å². The number of aromatic nitrogens is 6. The Balaban J connectivity index is 1.72. The van der Waals surface area contributed by atoms with Gasteiger partial charge in [-0.15, -0.1) is 5.10 Å². The van der Waals surface area contributed by atoms with Crippen LogP contribution in [0, 0.1) is 18.7 Å². The van der Waals surface area contributed by atoms with Crippen LogP contribution in [0.4, 0.5) is 4.39 Å². The van der Waals surface area contributed by atoms with Crippen molar-refractivity contribution >= 4 is 21.9 Å². The molecular weight excluding hydrogens is 483 g/mol. The first-order chi connectivity index (χ1) is 18.2. The molecule has 196 valence electrons. The van der Waals surface area contributed by atoms with E-state index in [4.69, 9.17) is 14.7 Å². The maximum atomic E-state index is 15.8. The first-order valence-electron chi connectivity index (χ1n) is 13.0. The Morgan fingerprint density at radius 3 is 2.55 bits per heavy atom. The average molecular weight is 515 g/mol. The number of rotatable bonds is 5. The highest BCUT2D eigenvalue weighted by Gasteiger charge is 2.32. The molecule has 6 rings (SSSR count). The lowest BCUT2D eigenvalue weighted by molar-refractivity contribution is 0.0547. The van der Waals surface area contributed by atoms with Crippen LogP contribution in [0.2, 0.25) is 0 Å². The van der Waals surface area contributed by atoms with Crippen LogP contribution in [0.3, 0.4) is 0 Å². The first-order valence-corrected chi connectivity index (χ1v) is 13.0. The van der Waals surface area contributed by atoms with E-state index in [9.17, 15) is 5.11 Å². The highest BCUT2D eigenvalue weighted by atomic mass is 19.1. The number of aryl methyl sites for hydroxylation is 2. The molecule has 5 aromatic rings. The van der Waals surface area contributed by atoms with Gasteiger partial charge in [-0.05, 0) is 69.9 Å². The predicted octanol–water partition coefficient (Wildman–Crippen LogP) is 5.07. The maximum absolute atomic E-state index is 15.8. The third-order valence-corrected chi connectivity index (χ3v) is 7.67. The van der Waals surface area contributed by atoms with Gasteiger partial charge in [-0.1, -0.05) is 11.3 Å². The highest BCUT2D eigenvalue weighted by molar-refractivity contribution is 6.07. The maximum Gasteiger partial charge on any atom is 0.133 e. The summed E-state index contributed by atoms with van der Waals surface area (Å²) in [4.78, 5) is 9.55. The summed E-state index contributed by atoms with van der Waals surface area (Å²) >= 11 is 0. The fraction of sp³-hybridized carbons (Fsp3) is 0.379. The molecule has 0 spiro atoms. The Labute approximate surface area is 220 Å². The van der Waals surface area contributed by atoms with Crippen LogP contribution in [0.5, 0.6) is 0 Å². The second-order valence-corrected chi connectivity index (χ2v) is 10.7. The molecule has 1 fully saturated rings. The highest BCUT2D eigenvalue weighted by Crippen LogP contribution is 2.42. The number of hydrogen-bond donors (Lipinski definition) is 1. The normalized spacial score (nSPS) is 15.9. The summed E-state index contributed by atoms with van der Waals surface area (Å²) in [6.45, 7) is 6.68. The molecule has 38 heavy (non-hydrogen) atoms. The van der Waals surface area contributed by atoms with E-state index < -0.39 is 5.60 Å².